The first-order chi connectivity index (χ1) is 9.12. The molecule has 1 aromatic rings. The van der Waals surface area contributed by atoms with Crippen LogP contribution >= 0.6 is 0 Å². The van der Waals surface area contributed by atoms with Gasteiger partial charge in [-0.3, -0.25) is 9.63 Å². The second-order valence-electron chi connectivity index (χ2n) is 3.93. The van der Waals surface area contributed by atoms with Gasteiger partial charge in [-0.05, 0) is 31.0 Å². The number of hydroxylamine groups is 2. The fraction of sp³-hybridized carbons (Fsp3) is 0.500. The van der Waals surface area contributed by atoms with Crippen LogP contribution in [-0.2, 0) is 16.1 Å². The van der Waals surface area contributed by atoms with Crippen LogP contribution in [0.1, 0.15) is 19.4 Å². The van der Waals surface area contributed by atoms with E-state index < -0.39 is 0 Å². The molecule has 0 unspecified atom stereocenters. The normalized spacial score (nSPS) is 10.1. The van der Waals surface area contributed by atoms with Crippen molar-refractivity contribution in [2.45, 2.75) is 20.3 Å². The summed E-state index contributed by atoms with van der Waals surface area (Å²) in [5.41, 5.74) is 1.16. The highest BCUT2D eigenvalue weighted by Crippen LogP contribution is 2.28. The van der Waals surface area contributed by atoms with E-state index in [1.165, 1.54) is 14.2 Å². The summed E-state index contributed by atoms with van der Waals surface area (Å²) in [5.74, 6) is 0.969. The molecule has 1 rings (SSSR count). The van der Waals surface area contributed by atoms with Gasteiger partial charge in [0, 0.05) is 7.05 Å². The topological polar surface area (TPSA) is 48.0 Å². The van der Waals surface area contributed by atoms with Crippen LogP contribution in [0.25, 0.3) is 0 Å². The van der Waals surface area contributed by atoms with E-state index in [1.54, 1.807) is 0 Å². The number of aryl methyl sites for hydroxylation is 1. The lowest BCUT2D eigenvalue weighted by molar-refractivity contribution is -0.170. The van der Waals surface area contributed by atoms with Crippen molar-refractivity contribution in [1.29, 1.82) is 0 Å². The Hall–Kier alpha value is -1.75. The molecule has 0 aromatic heterocycles. The molecule has 0 N–H and O–H groups in total. The van der Waals surface area contributed by atoms with E-state index in [1.807, 2.05) is 25.1 Å². The molecule has 0 atom stereocenters. The monoisotopic (exact) mass is 267 g/mol. The molecule has 0 aliphatic heterocycles. The predicted molar refractivity (Wildman–Crippen MR) is 72.3 cm³/mol. The fourth-order valence-corrected chi connectivity index (χ4v) is 1.49. The third-order valence-electron chi connectivity index (χ3n) is 2.69. The quantitative estimate of drug-likeness (QED) is 0.709. The van der Waals surface area contributed by atoms with Crippen molar-refractivity contribution < 1.29 is 19.1 Å². The molecule has 0 spiro atoms. The first-order valence-electron chi connectivity index (χ1n) is 6.31. The van der Waals surface area contributed by atoms with Gasteiger partial charge >= 0.3 is 0 Å². The van der Waals surface area contributed by atoms with E-state index in [0.29, 0.717) is 18.1 Å². The van der Waals surface area contributed by atoms with Crippen molar-refractivity contribution in [3.63, 3.8) is 0 Å². The zero-order valence-electron chi connectivity index (χ0n) is 11.9. The Kier molecular flexibility index (Phi) is 6.15. The Labute approximate surface area is 114 Å². The number of carbonyl (C=O) groups excluding carboxylic acids is 1. The van der Waals surface area contributed by atoms with Crippen LogP contribution in [0.2, 0.25) is 0 Å². The highest BCUT2D eigenvalue weighted by atomic mass is 16.7. The summed E-state index contributed by atoms with van der Waals surface area (Å²) in [4.78, 5) is 16.4. The summed E-state index contributed by atoms with van der Waals surface area (Å²) < 4.78 is 11.0. The van der Waals surface area contributed by atoms with Crippen LogP contribution in [0.5, 0.6) is 11.5 Å². The van der Waals surface area contributed by atoms with E-state index in [4.69, 9.17) is 14.3 Å². The first kappa shape index (κ1) is 15.3. The number of carbonyl (C=O) groups is 1. The molecule has 0 saturated carbocycles. The Morgan fingerprint density at radius 1 is 1.21 bits per heavy atom. The number of benzene rings is 1. The average Bonchev–Trinajstić information content (AvgIpc) is 2.44. The number of likely N-dealkylation sites (N-methyl/N-ethyl adjacent to an activating group) is 1. The molecular formula is C14H21NO4. The average molecular weight is 267 g/mol. The summed E-state index contributed by atoms with van der Waals surface area (Å²) in [6.07, 6.45) is 0.922. The molecule has 0 saturated heterocycles. The van der Waals surface area contributed by atoms with Gasteiger partial charge < -0.3 is 9.47 Å². The molecule has 1 aromatic carbocycles. The third kappa shape index (κ3) is 4.44. The third-order valence-corrected chi connectivity index (χ3v) is 2.69. The fourth-order valence-electron chi connectivity index (χ4n) is 1.49. The van der Waals surface area contributed by atoms with E-state index in [0.717, 1.165) is 17.0 Å². The van der Waals surface area contributed by atoms with Gasteiger partial charge in [0.1, 0.15) is 0 Å². The standard InChI is InChI=1S/C14H21NO4/c1-5-11-7-8-12(13(9-11)18-6-2)19-10-14(16)15(3)17-4/h7-9H,5-6,10H2,1-4H3. The minimum atomic E-state index is -0.260. The Bertz CT molecular complexity index is 420. The molecular weight excluding hydrogens is 246 g/mol. The maximum atomic E-state index is 11.6. The maximum absolute atomic E-state index is 11.6. The highest BCUT2D eigenvalue weighted by Gasteiger charge is 2.11. The van der Waals surface area contributed by atoms with Gasteiger partial charge in [-0.25, -0.2) is 5.06 Å². The summed E-state index contributed by atoms with van der Waals surface area (Å²) in [5, 5.41) is 1.13. The molecule has 19 heavy (non-hydrogen) atoms. The predicted octanol–water partition coefficient (Wildman–Crippen LogP) is 2.05. The zero-order chi connectivity index (χ0) is 14.3. The van der Waals surface area contributed by atoms with Crippen molar-refractivity contribution in [3.8, 4) is 11.5 Å². The smallest absolute Gasteiger partial charge is 0.283 e. The summed E-state index contributed by atoms with van der Waals surface area (Å²) in [6, 6.07) is 5.72. The van der Waals surface area contributed by atoms with Crippen LogP contribution in [0.15, 0.2) is 18.2 Å². The molecule has 0 aliphatic carbocycles. The van der Waals surface area contributed by atoms with Crippen LogP contribution < -0.4 is 9.47 Å². The number of hydrogen-bond donors (Lipinski definition) is 0. The number of nitrogens with zero attached hydrogens (tertiary/aromatic N) is 1. The van der Waals surface area contributed by atoms with Gasteiger partial charge in [0.15, 0.2) is 18.1 Å². The van der Waals surface area contributed by atoms with Crippen molar-refractivity contribution in [3.05, 3.63) is 23.8 Å². The van der Waals surface area contributed by atoms with Gasteiger partial charge in [0.05, 0.1) is 13.7 Å². The lowest BCUT2D eigenvalue weighted by Crippen LogP contribution is -2.30. The van der Waals surface area contributed by atoms with E-state index in [-0.39, 0.29) is 12.5 Å². The zero-order valence-corrected chi connectivity index (χ0v) is 11.9. The number of ether oxygens (including phenoxy) is 2. The van der Waals surface area contributed by atoms with Crippen molar-refractivity contribution in [2.75, 3.05) is 27.4 Å². The molecule has 1 amide bonds. The molecule has 0 aliphatic rings. The molecule has 0 bridgehead atoms. The first-order valence-corrected chi connectivity index (χ1v) is 6.31. The molecule has 5 heteroatoms. The van der Waals surface area contributed by atoms with Crippen molar-refractivity contribution >= 4 is 5.91 Å². The van der Waals surface area contributed by atoms with Gasteiger partial charge in [-0.15, -0.1) is 0 Å². The van der Waals surface area contributed by atoms with E-state index in [2.05, 4.69) is 6.92 Å². The highest BCUT2D eigenvalue weighted by molar-refractivity contribution is 5.76. The largest absolute Gasteiger partial charge is 0.490 e. The second-order valence-corrected chi connectivity index (χ2v) is 3.93. The number of hydrogen-bond acceptors (Lipinski definition) is 4. The summed E-state index contributed by atoms with van der Waals surface area (Å²) >= 11 is 0. The summed E-state index contributed by atoms with van der Waals surface area (Å²) in [7, 11) is 2.97. The Morgan fingerprint density at radius 2 is 1.95 bits per heavy atom. The van der Waals surface area contributed by atoms with E-state index >= 15 is 0 Å². The Balaban J connectivity index is 2.74. The minimum absolute atomic E-state index is 0.0874. The number of amides is 1. The number of rotatable bonds is 7. The lowest BCUT2D eigenvalue weighted by atomic mass is 10.1. The van der Waals surface area contributed by atoms with Gasteiger partial charge in [-0.1, -0.05) is 13.0 Å². The van der Waals surface area contributed by atoms with Crippen LogP contribution in [0.4, 0.5) is 0 Å². The molecule has 0 heterocycles. The molecule has 0 fully saturated rings. The van der Waals surface area contributed by atoms with Crippen LogP contribution in [0, 0.1) is 0 Å². The van der Waals surface area contributed by atoms with Gasteiger partial charge in [0.2, 0.25) is 0 Å². The molecule has 0 radical (unpaired) electrons. The van der Waals surface area contributed by atoms with E-state index in [9.17, 15) is 4.79 Å². The van der Waals surface area contributed by atoms with Crippen LogP contribution in [0.3, 0.4) is 0 Å². The van der Waals surface area contributed by atoms with Gasteiger partial charge in [-0.2, -0.15) is 0 Å². The lowest BCUT2D eigenvalue weighted by Gasteiger charge is -2.16. The van der Waals surface area contributed by atoms with Crippen molar-refractivity contribution in [1.82, 2.24) is 5.06 Å². The van der Waals surface area contributed by atoms with Crippen LogP contribution in [-0.4, -0.2) is 38.3 Å². The Morgan fingerprint density at radius 3 is 2.53 bits per heavy atom. The molecule has 106 valence electrons. The maximum Gasteiger partial charge on any atom is 0.283 e. The minimum Gasteiger partial charge on any atom is -0.490 e. The second kappa shape index (κ2) is 7.63. The molecule has 5 nitrogen and oxygen atoms in total. The SMILES string of the molecule is CCOc1cc(CC)ccc1OCC(=O)N(C)OC. The summed E-state index contributed by atoms with van der Waals surface area (Å²) in [6.45, 7) is 4.44. The van der Waals surface area contributed by atoms with Gasteiger partial charge in [0.25, 0.3) is 5.91 Å². The van der Waals surface area contributed by atoms with Crippen molar-refractivity contribution in [2.24, 2.45) is 0 Å².